The largest absolute Gasteiger partial charge is 0.497 e. The van der Waals surface area contributed by atoms with Gasteiger partial charge in [0.1, 0.15) is 29.7 Å². The van der Waals surface area contributed by atoms with Gasteiger partial charge in [-0.1, -0.05) is 36.9 Å². The second-order valence-electron chi connectivity index (χ2n) is 11.7. The third-order valence-corrected chi connectivity index (χ3v) is 8.90. The third kappa shape index (κ3) is 9.09. The highest BCUT2D eigenvalue weighted by Crippen LogP contribution is 2.47. The minimum Gasteiger partial charge on any atom is -0.497 e. The van der Waals surface area contributed by atoms with E-state index in [0.717, 1.165) is 34.3 Å². The molecule has 1 fully saturated rings. The number of allylic oxidation sites excluding steroid dienone is 1. The van der Waals surface area contributed by atoms with Crippen LogP contribution in [0.3, 0.4) is 0 Å². The molecule has 3 N–H and O–H groups in total. The van der Waals surface area contributed by atoms with E-state index in [1.807, 2.05) is 37.3 Å². The van der Waals surface area contributed by atoms with E-state index in [0.29, 0.717) is 5.70 Å². The number of aliphatic hydroxyl groups excluding tert-OH is 1. The van der Waals surface area contributed by atoms with Gasteiger partial charge in [0.25, 0.3) is 0 Å². The quantitative estimate of drug-likeness (QED) is 0.142. The topological polar surface area (TPSA) is 145 Å². The molecule has 2 heterocycles. The molecule has 12 nitrogen and oxygen atoms in total. The Balaban J connectivity index is 1.50. The molecule has 0 radical (unpaired) electrons. The predicted octanol–water partition coefficient (Wildman–Crippen LogP) is 5.47. The molecule has 0 aliphatic carbocycles. The number of alkyl halides is 1. The Bertz CT molecular complexity index is 1580. The SMILES string of the molecule is C=C1C=CN([C@@H]2O[C@H](COP(=O)(N[C@@H](C)C(=O)OC(C)C)Oc3ccc(/C=C/c4cc(C)cc(OC)c4)cc3)[C@@H](O)[C@@]2(C)F)C(=O)N1. The molecule has 2 aromatic carbocycles. The molecule has 1 unspecified atom stereocenters. The predicted molar refractivity (Wildman–Crippen MR) is 174 cm³/mol. The van der Waals surface area contributed by atoms with E-state index in [-0.39, 0.29) is 5.75 Å². The smallest absolute Gasteiger partial charge is 0.459 e. The summed E-state index contributed by atoms with van der Waals surface area (Å²) in [7, 11) is -2.79. The van der Waals surface area contributed by atoms with Gasteiger partial charge in [-0.25, -0.2) is 13.8 Å². The molecule has 0 saturated carbocycles. The molecule has 0 aromatic heterocycles. The lowest BCUT2D eigenvalue weighted by atomic mass is 9.98. The van der Waals surface area contributed by atoms with Gasteiger partial charge in [-0.2, -0.15) is 5.09 Å². The van der Waals surface area contributed by atoms with Gasteiger partial charge in [0.15, 0.2) is 11.9 Å². The summed E-state index contributed by atoms with van der Waals surface area (Å²) < 4.78 is 57.4. The number of rotatable bonds is 13. The van der Waals surface area contributed by atoms with Gasteiger partial charge >= 0.3 is 19.7 Å². The van der Waals surface area contributed by atoms with Gasteiger partial charge in [-0.15, -0.1) is 0 Å². The van der Waals surface area contributed by atoms with Crippen LogP contribution in [-0.4, -0.2) is 72.0 Å². The zero-order valence-corrected chi connectivity index (χ0v) is 28.0. The van der Waals surface area contributed by atoms with Crippen molar-refractivity contribution in [3.05, 3.63) is 83.7 Å². The molecule has 1 saturated heterocycles. The number of aliphatic hydroxyl groups is 1. The number of nitrogens with one attached hydrogen (secondary N) is 2. The zero-order chi connectivity index (χ0) is 34.5. The maximum atomic E-state index is 15.7. The molecule has 2 amide bonds. The molecule has 4 rings (SSSR count). The molecule has 0 bridgehead atoms. The van der Waals surface area contributed by atoms with E-state index in [4.69, 9.17) is 23.3 Å². The normalized spacial score (nSPS) is 24.7. The number of carbonyl (C=O) groups excluding carboxylic acids is 2. The highest BCUT2D eigenvalue weighted by molar-refractivity contribution is 7.52. The number of amides is 2. The van der Waals surface area contributed by atoms with E-state index >= 15 is 4.39 Å². The number of aryl methyl sites for hydroxylation is 1. The van der Waals surface area contributed by atoms with Crippen LogP contribution in [-0.2, 0) is 23.4 Å². The fraction of sp³-hybridized carbons (Fsp3) is 0.394. The van der Waals surface area contributed by atoms with E-state index in [9.17, 15) is 19.3 Å². The van der Waals surface area contributed by atoms with Crippen LogP contribution in [0, 0.1) is 6.92 Å². The first-order valence-electron chi connectivity index (χ1n) is 15.0. The zero-order valence-electron chi connectivity index (χ0n) is 27.1. The number of hydrogen-bond acceptors (Lipinski definition) is 9. The number of benzene rings is 2. The highest BCUT2D eigenvalue weighted by Gasteiger charge is 2.57. The van der Waals surface area contributed by atoms with Crippen LogP contribution in [0.25, 0.3) is 12.2 Å². The van der Waals surface area contributed by atoms with E-state index in [2.05, 4.69) is 17.0 Å². The van der Waals surface area contributed by atoms with Gasteiger partial charge in [0, 0.05) is 11.9 Å². The summed E-state index contributed by atoms with van der Waals surface area (Å²) in [5, 5.41) is 15.8. The molecule has 2 aliphatic heterocycles. The second kappa shape index (κ2) is 14.8. The van der Waals surface area contributed by atoms with Crippen molar-refractivity contribution >= 4 is 31.9 Å². The van der Waals surface area contributed by atoms with E-state index < -0.39 is 62.6 Å². The Hall–Kier alpha value is -4.00. The third-order valence-electron chi connectivity index (χ3n) is 7.26. The summed E-state index contributed by atoms with van der Waals surface area (Å²) >= 11 is 0. The molecule has 2 aromatic rings. The molecule has 0 spiro atoms. The van der Waals surface area contributed by atoms with Gasteiger partial charge in [-0.3, -0.25) is 14.2 Å². The number of carbonyl (C=O) groups is 2. The molecular weight excluding hydrogens is 632 g/mol. The lowest BCUT2D eigenvalue weighted by Crippen LogP contribution is -2.53. The number of nitrogens with zero attached hydrogens (tertiary/aromatic N) is 1. The summed E-state index contributed by atoms with van der Waals surface area (Å²) in [5.74, 6) is 0.167. The minimum absolute atomic E-state index is 0.135. The lowest BCUT2D eigenvalue weighted by Gasteiger charge is -2.33. The van der Waals surface area contributed by atoms with Crippen LogP contribution in [0.2, 0.25) is 0 Å². The standard InChI is InChI=1S/C33H41FN3O9P/c1-20(2)44-30(39)23(5)36-47(41,43-19-28-29(38)33(6,34)31(45-28)37-15-14-22(4)35-32(37)40)46-26-12-10-24(11-13-26)8-9-25-16-21(3)17-27(18-25)42-7/h8-18,20,23,28-29,31,38H,4,19H2,1-3,5-7H3,(H,35,40)(H,36,41)/b9-8+/t23-,28+,29+,31+,33+,47?/m0/s1. The summed E-state index contributed by atoms with van der Waals surface area (Å²) in [5.41, 5.74) is 0.663. The average molecular weight is 674 g/mol. The van der Waals surface area contributed by atoms with Crippen LogP contribution in [0.5, 0.6) is 11.5 Å². The number of halogens is 1. The van der Waals surface area contributed by atoms with Crippen molar-refractivity contribution in [1.29, 1.82) is 0 Å². The summed E-state index contributed by atoms with van der Waals surface area (Å²) in [6.07, 6.45) is 1.41. The van der Waals surface area contributed by atoms with Gasteiger partial charge in [-0.05, 0) is 81.7 Å². The first-order chi connectivity index (χ1) is 22.1. The van der Waals surface area contributed by atoms with Crippen LogP contribution in [0.15, 0.2) is 67.0 Å². The number of esters is 1. The Labute approximate surface area is 273 Å². The van der Waals surface area contributed by atoms with Crippen molar-refractivity contribution < 1.29 is 46.9 Å². The maximum absolute atomic E-state index is 15.7. The summed E-state index contributed by atoms with van der Waals surface area (Å²) in [4.78, 5) is 26.0. The highest BCUT2D eigenvalue weighted by atomic mass is 31.2. The number of methoxy groups -OCH3 is 1. The number of ether oxygens (including phenoxy) is 3. The first kappa shape index (κ1) is 35.8. The lowest BCUT2D eigenvalue weighted by molar-refractivity contribution is -0.149. The monoisotopic (exact) mass is 673 g/mol. The molecule has 47 heavy (non-hydrogen) atoms. The Morgan fingerprint density at radius 1 is 1.19 bits per heavy atom. The van der Waals surface area contributed by atoms with Crippen molar-refractivity contribution in [2.45, 2.75) is 70.9 Å². The second-order valence-corrected chi connectivity index (χ2v) is 13.4. The molecular formula is C33H41FN3O9P. The fourth-order valence-electron chi connectivity index (χ4n) is 4.86. The van der Waals surface area contributed by atoms with Gasteiger partial charge < -0.3 is 29.2 Å². The van der Waals surface area contributed by atoms with Crippen LogP contribution >= 0.6 is 7.75 Å². The van der Waals surface area contributed by atoms with Crippen molar-refractivity contribution in [3.8, 4) is 11.5 Å². The summed E-state index contributed by atoms with van der Waals surface area (Å²) in [6, 6.07) is 10.6. The van der Waals surface area contributed by atoms with Gasteiger partial charge in [0.05, 0.1) is 19.8 Å². The Kier molecular flexibility index (Phi) is 11.3. The fourth-order valence-corrected chi connectivity index (χ4v) is 6.37. The van der Waals surface area contributed by atoms with E-state index in [1.54, 1.807) is 45.2 Å². The van der Waals surface area contributed by atoms with Crippen LogP contribution < -0.4 is 19.7 Å². The molecule has 14 heteroatoms. The van der Waals surface area contributed by atoms with Crippen molar-refractivity contribution in [1.82, 2.24) is 15.3 Å². The van der Waals surface area contributed by atoms with Crippen molar-refractivity contribution in [2.75, 3.05) is 13.7 Å². The Morgan fingerprint density at radius 3 is 2.51 bits per heavy atom. The maximum Gasteiger partial charge on any atom is 0.459 e. The molecule has 6 atom stereocenters. The number of urea groups is 1. The summed E-state index contributed by atoms with van der Waals surface area (Å²) in [6.45, 7) is 10.8. The molecule has 2 aliphatic rings. The Morgan fingerprint density at radius 2 is 1.87 bits per heavy atom. The van der Waals surface area contributed by atoms with Crippen molar-refractivity contribution in [3.63, 3.8) is 0 Å². The van der Waals surface area contributed by atoms with Crippen LogP contribution in [0.4, 0.5) is 9.18 Å². The first-order valence-corrected chi connectivity index (χ1v) is 16.5. The van der Waals surface area contributed by atoms with Crippen LogP contribution in [0.1, 0.15) is 44.4 Å². The average Bonchev–Trinajstić information content (AvgIpc) is 3.22. The van der Waals surface area contributed by atoms with Gasteiger partial charge in [0.2, 0.25) is 0 Å². The number of hydrogen-bond donors (Lipinski definition) is 3. The van der Waals surface area contributed by atoms with Crippen molar-refractivity contribution in [2.24, 2.45) is 0 Å². The van der Waals surface area contributed by atoms with E-state index in [1.165, 1.54) is 19.2 Å². The molecule has 254 valence electrons. The minimum atomic E-state index is -4.40.